The van der Waals surface area contributed by atoms with Crippen molar-refractivity contribution in [3.05, 3.63) is 11.6 Å². The lowest BCUT2D eigenvalue weighted by Gasteiger charge is -2.71. The van der Waals surface area contributed by atoms with Crippen LogP contribution in [0.4, 0.5) is 0 Å². The molecule has 0 radical (unpaired) electrons. The van der Waals surface area contributed by atoms with Crippen LogP contribution in [0.2, 0.25) is 0 Å². The second-order valence-electron chi connectivity index (χ2n) is 14.3. The molecule has 5 heteroatoms. The van der Waals surface area contributed by atoms with Gasteiger partial charge in [-0.2, -0.15) is 5.26 Å². The van der Waals surface area contributed by atoms with Crippen LogP contribution in [0.5, 0.6) is 0 Å². The number of hydrogen-bond acceptors (Lipinski definition) is 4. The minimum Gasteiger partial charge on any atom is -0.299 e. The van der Waals surface area contributed by atoms with E-state index >= 15 is 0 Å². The van der Waals surface area contributed by atoms with Gasteiger partial charge in [-0.15, -0.1) is 0 Å². The number of hydrogen-bond donors (Lipinski definition) is 0. The van der Waals surface area contributed by atoms with E-state index in [4.69, 9.17) is 11.6 Å². The van der Waals surface area contributed by atoms with Crippen LogP contribution in [-0.4, -0.2) is 16.8 Å². The van der Waals surface area contributed by atoms with Crippen molar-refractivity contribution in [3.63, 3.8) is 0 Å². The van der Waals surface area contributed by atoms with Gasteiger partial charge < -0.3 is 0 Å². The SMILES string of the molecule is C[C@@H]1C(=O)C(C#N)=C[C@]2(C)[C@H]3CC(=O)[C@H]4C5CC(C)(C)CC[C@]5(C(=O)Cl)CC[C@@]4(C)[C@]3(C)CC[C@@H]12. The lowest BCUT2D eigenvalue weighted by molar-refractivity contribution is -0.216. The van der Waals surface area contributed by atoms with Gasteiger partial charge in [0.25, 0.3) is 0 Å². The Morgan fingerprint density at radius 2 is 1.66 bits per heavy atom. The number of nitrogens with zero attached hydrogens (tertiary/aromatic N) is 1. The van der Waals surface area contributed by atoms with Crippen LogP contribution in [0.25, 0.3) is 0 Å². The van der Waals surface area contributed by atoms with Gasteiger partial charge in [0.05, 0.1) is 5.57 Å². The molecule has 4 saturated carbocycles. The fourth-order valence-corrected chi connectivity index (χ4v) is 10.6. The first-order valence-corrected chi connectivity index (χ1v) is 13.9. The molecule has 4 nitrogen and oxygen atoms in total. The highest BCUT2D eigenvalue weighted by Crippen LogP contribution is 2.75. The van der Waals surface area contributed by atoms with Gasteiger partial charge in [0.1, 0.15) is 11.9 Å². The summed E-state index contributed by atoms with van der Waals surface area (Å²) in [5.41, 5.74) is -0.940. The molecule has 5 aliphatic rings. The van der Waals surface area contributed by atoms with Crippen molar-refractivity contribution in [2.45, 2.75) is 92.9 Å². The van der Waals surface area contributed by atoms with E-state index in [9.17, 15) is 19.6 Å². The molecule has 0 spiro atoms. The Morgan fingerprint density at radius 3 is 2.29 bits per heavy atom. The molecule has 0 bridgehead atoms. The maximum atomic E-state index is 14.3. The Bertz CT molecular complexity index is 1090. The predicted octanol–water partition coefficient (Wildman–Crippen LogP) is 6.66. The van der Waals surface area contributed by atoms with E-state index in [1.54, 1.807) is 0 Å². The zero-order valence-corrected chi connectivity index (χ0v) is 22.9. The number of fused-ring (bicyclic) bond motifs is 7. The molecule has 0 aromatic carbocycles. The van der Waals surface area contributed by atoms with Gasteiger partial charge in [-0.3, -0.25) is 14.4 Å². The second kappa shape index (κ2) is 7.53. The molecule has 0 aromatic heterocycles. The summed E-state index contributed by atoms with van der Waals surface area (Å²) in [6, 6.07) is 2.17. The topological polar surface area (TPSA) is 75.0 Å². The molecule has 9 atom stereocenters. The molecule has 0 N–H and O–H groups in total. The lowest BCUT2D eigenvalue weighted by Crippen LogP contribution is -2.68. The Morgan fingerprint density at radius 1 is 1.00 bits per heavy atom. The highest BCUT2D eigenvalue weighted by Gasteiger charge is 2.72. The highest BCUT2D eigenvalue weighted by atomic mass is 35.5. The quantitative estimate of drug-likeness (QED) is 0.379. The summed E-state index contributed by atoms with van der Waals surface area (Å²) in [4.78, 5) is 40.1. The molecule has 0 amide bonds. The molecule has 0 saturated heterocycles. The smallest absolute Gasteiger partial charge is 0.228 e. The van der Waals surface area contributed by atoms with Crippen molar-refractivity contribution in [2.75, 3.05) is 0 Å². The van der Waals surface area contributed by atoms with Crippen LogP contribution in [0.15, 0.2) is 11.6 Å². The van der Waals surface area contributed by atoms with Gasteiger partial charge in [-0.25, -0.2) is 0 Å². The van der Waals surface area contributed by atoms with Crippen LogP contribution < -0.4 is 0 Å². The third-order valence-electron chi connectivity index (χ3n) is 12.5. The first kappa shape index (κ1) is 25.2. The maximum Gasteiger partial charge on any atom is 0.228 e. The van der Waals surface area contributed by atoms with Crippen molar-refractivity contribution >= 4 is 28.4 Å². The molecular formula is C30H40ClNO3. The molecule has 1 unspecified atom stereocenters. The summed E-state index contributed by atoms with van der Waals surface area (Å²) >= 11 is 6.36. The molecule has 5 rings (SSSR count). The Hall–Kier alpha value is -1.47. The molecule has 0 heterocycles. The van der Waals surface area contributed by atoms with Crippen LogP contribution in [0, 0.1) is 68.0 Å². The average molecular weight is 498 g/mol. The first-order chi connectivity index (χ1) is 16.2. The van der Waals surface area contributed by atoms with E-state index in [2.05, 4.69) is 40.7 Å². The van der Waals surface area contributed by atoms with Gasteiger partial charge in [0.15, 0.2) is 5.78 Å². The molecule has 5 aliphatic carbocycles. The summed E-state index contributed by atoms with van der Waals surface area (Å²) in [5.74, 6) is 0.0908. The number of halogens is 1. The summed E-state index contributed by atoms with van der Waals surface area (Å²) in [5, 5.41) is 9.50. The van der Waals surface area contributed by atoms with Crippen LogP contribution in [-0.2, 0) is 14.4 Å². The molecule has 4 fully saturated rings. The van der Waals surface area contributed by atoms with Crippen molar-refractivity contribution in [3.8, 4) is 6.07 Å². The van der Waals surface area contributed by atoms with Crippen LogP contribution >= 0.6 is 11.6 Å². The maximum absolute atomic E-state index is 14.3. The molecule has 0 aromatic rings. The van der Waals surface area contributed by atoms with E-state index in [1.807, 2.05) is 13.0 Å². The van der Waals surface area contributed by atoms with Gasteiger partial charge in [0, 0.05) is 23.7 Å². The number of ketones is 2. The zero-order valence-electron chi connectivity index (χ0n) is 22.2. The van der Waals surface area contributed by atoms with Crippen molar-refractivity contribution < 1.29 is 14.4 Å². The third-order valence-corrected chi connectivity index (χ3v) is 12.9. The highest BCUT2D eigenvalue weighted by molar-refractivity contribution is 6.64. The number of allylic oxidation sites excluding steroid dienone is 2. The van der Waals surface area contributed by atoms with E-state index in [1.165, 1.54) is 0 Å². The normalized spacial score (nSPS) is 50.6. The Labute approximate surface area is 215 Å². The van der Waals surface area contributed by atoms with E-state index in [-0.39, 0.29) is 73.6 Å². The Balaban J connectivity index is 1.64. The van der Waals surface area contributed by atoms with Crippen molar-refractivity contribution in [1.29, 1.82) is 5.26 Å². The largest absolute Gasteiger partial charge is 0.299 e. The molecule has 0 aliphatic heterocycles. The number of carbonyl (C=O) groups is 3. The molecule has 190 valence electrons. The minimum absolute atomic E-state index is 0.0112. The monoisotopic (exact) mass is 497 g/mol. The first-order valence-electron chi connectivity index (χ1n) is 13.6. The number of carbonyl (C=O) groups excluding carboxylic acids is 3. The van der Waals surface area contributed by atoms with E-state index in [0.717, 1.165) is 44.9 Å². The lowest BCUT2D eigenvalue weighted by atomic mass is 9.32. The summed E-state index contributed by atoms with van der Waals surface area (Å²) in [6.45, 7) is 13.4. The predicted molar refractivity (Wildman–Crippen MR) is 135 cm³/mol. The van der Waals surface area contributed by atoms with Gasteiger partial charge >= 0.3 is 0 Å². The van der Waals surface area contributed by atoms with Gasteiger partial charge in [-0.05, 0) is 96.0 Å². The van der Waals surface area contributed by atoms with Gasteiger partial charge in [-0.1, -0.05) is 47.6 Å². The standard InChI is InChI=1S/C30H40ClNO3/c1-17-19-7-8-28(5)22(27(19,4)14-18(16-32)24(17)34)13-21(33)23-20-15-26(2,3)9-11-30(20,25(31)35)12-10-29(23,28)6/h14,17,19-20,22-23H,7-13,15H2,1-6H3/t17-,19-,20?,22+,23+,27-,28+,29+,30-/m0/s1. The Kier molecular flexibility index (Phi) is 5.42. The van der Waals surface area contributed by atoms with Gasteiger partial charge in [0.2, 0.25) is 5.24 Å². The summed E-state index contributed by atoms with van der Waals surface area (Å²) in [6.07, 6.45) is 8.50. The summed E-state index contributed by atoms with van der Waals surface area (Å²) in [7, 11) is 0. The fourth-order valence-electron chi connectivity index (χ4n) is 10.3. The fraction of sp³-hybridized carbons (Fsp3) is 0.800. The zero-order chi connectivity index (χ0) is 25.8. The second-order valence-corrected chi connectivity index (χ2v) is 14.6. The van der Waals surface area contributed by atoms with Crippen LogP contribution in [0.1, 0.15) is 92.9 Å². The number of rotatable bonds is 1. The molecule has 35 heavy (non-hydrogen) atoms. The number of nitriles is 1. The third kappa shape index (κ3) is 3.06. The van der Waals surface area contributed by atoms with Crippen LogP contribution in [0.3, 0.4) is 0 Å². The molecular weight excluding hydrogens is 458 g/mol. The minimum atomic E-state index is -0.582. The number of Topliss-reactive ketones (excluding diaryl/α,β-unsaturated/α-hetero) is 2. The van der Waals surface area contributed by atoms with E-state index < -0.39 is 5.41 Å². The summed E-state index contributed by atoms with van der Waals surface area (Å²) < 4.78 is 0. The van der Waals surface area contributed by atoms with Crippen molar-refractivity contribution in [2.24, 2.45) is 56.7 Å². The average Bonchev–Trinajstić information content (AvgIpc) is 2.77. The van der Waals surface area contributed by atoms with E-state index in [0.29, 0.717) is 6.42 Å². The van der Waals surface area contributed by atoms with Crippen molar-refractivity contribution in [1.82, 2.24) is 0 Å².